The number of nitrogens with zero attached hydrogens (tertiary/aromatic N) is 4. The zero-order valence-electron chi connectivity index (χ0n) is 15.4. The number of fused-ring (bicyclic) bond motifs is 3. The Hall–Kier alpha value is -2.64. The van der Waals surface area contributed by atoms with Crippen molar-refractivity contribution >= 4 is 51.6 Å². The highest BCUT2D eigenvalue weighted by atomic mass is 35.5. The fourth-order valence-electron chi connectivity index (χ4n) is 2.91. The molecular formula is C20H18ClN5OS. The van der Waals surface area contributed by atoms with Gasteiger partial charge in [0.25, 0.3) is 0 Å². The van der Waals surface area contributed by atoms with Gasteiger partial charge in [-0.15, -0.1) is 10.2 Å². The number of hydrogen-bond acceptors (Lipinski definition) is 5. The van der Waals surface area contributed by atoms with Crippen LogP contribution < -0.4 is 5.32 Å². The summed E-state index contributed by atoms with van der Waals surface area (Å²) in [6.45, 7) is 4.16. The number of carbonyl (C=O) groups is 1. The van der Waals surface area contributed by atoms with Crippen molar-refractivity contribution in [3.8, 4) is 0 Å². The van der Waals surface area contributed by atoms with Gasteiger partial charge in [-0.1, -0.05) is 49.3 Å². The molecule has 0 saturated carbocycles. The molecule has 2 heterocycles. The standard InChI is InChI=1S/C20H18ClN5OS/c1-12(2)18-24-25-19-20(23-15-5-3-4-6-16(15)26(18)19)28-11-17(27)22-14-9-7-13(21)8-10-14/h3-10,12H,11H2,1-2H3,(H,22,27). The lowest BCUT2D eigenvalue weighted by Crippen LogP contribution is -2.14. The molecule has 2 aromatic heterocycles. The summed E-state index contributed by atoms with van der Waals surface area (Å²) in [5.41, 5.74) is 3.18. The number of nitrogens with one attached hydrogen (secondary N) is 1. The quantitative estimate of drug-likeness (QED) is 0.478. The predicted octanol–water partition coefficient (Wildman–Crippen LogP) is 4.79. The molecule has 0 saturated heterocycles. The van der Waals surface area contributed by atoms with Gasteiger partial charge >= 0.3 is 0 Å². The summed E-state index contributed by atoms with van der Waals surface area (Å²) >= 11 is 7.22. The summed E-state index contributed by atoms with van der Waals surface area (Å²) in [7, 11) is 0. The van der Waals surface area contributed by atoms with Crippen LogP contribution in [0.5, 0.6) is 0 Å². The molecule has 0 aliphatic heterocycles. The molecule has 28 heavy (non-hydrogen) atoms. The summed E-state index contributed by atoms with van der Waals surface area (Å²) in [5.74, 6) is 1.19. The fourth-order valence-corrected chi connectivity index (χ4v) is 3.80. The number of benzene rings is 2. The van der Waals surface area contributed by atoms with Crippen LogP contribution >= 0.6 is 23.4 Å². The van der Waals surface area contributed by atoms with Crippen LogP contribution in [0.25, 0.3) is 16.7 Å². The number of hydrogen-bond donors (Lipinski definition) is 1. The van der Waals surface area contributed by atoms with Gasteiger partial charge in [0, 0.05) is 16.6 Å². The minimum Gasteiger partial charge on any atom is -0.325 e. The second-order valence-corrected chi connectivity index (χ2v) is 8.02. The molecule has 0 aliphatic rings. The molecular weight excluding hydrogens is 394 g/mol. The molecule has 0 atom stereocenters. The van der Waals surface area contributed by atoms with E-state index in [9.17, 15) is 4.79 Å². The Morgan fingerprint density at radius 1 is 1.14 bits per heavy atom. The summed E-state index contributed by atoms with van der Waals surface area (Å²) in [6, 6.07) is 14.9. The zero-order valence-corrected chi connectivity index (χ0v) is 17.0. The summed E-state index contributed by atoms with van der Waals surface area (Å²) in [5, 5.41) is 12.9. The topological polar surface area (TPSA) is 72.2 Å². The smallest absolute Gasteiger partial charge is 0.234 e. The number of rotatable bonds is 5. The van der Waals surface area contributed by atoms with Crippen molar-refractivity contribution < 1.29 is 4.79 Å². The van der Waals surface area contributed by atoms with Gasteiger partial charge in [-0.3, -0.25) is 9.20 Å². The van der Waals surface area contributed by atoms with Crippen molar-refractivity contribution in [1.29, 1.82) is 0 Å². The minimum absolute atomic E-state index is 0.121. The molecule has 2 aromatic carbocycles. The van der Waals surface area contributed by atoms with Crippen molar-refractivity contribution in [2.24, 2.45) is 0 Å². The molecule has 1 N–H and O–H groups in total. The number of aromatic nitrogens is 4. The van der Waals surface area contributed by atoms with Crippen molar-refractivity contribution in [3.05, 3.63) is 59.4 Å². The van der Waals surface area contributed by atoms with E-state index in [-0.39, 0.29) is 17.6 Å². The van der Waals surface area contributed by atoms with Gasteiger partial charge < -0.3 is 5.32 Å². The molecule has 0 unspecified atom stereocenters. The molecule has 1 amide bonds. The molecule has 4 aromatic rings. The maximum absolute atomic E-state index is 12.3. The fraction of sp³-hybridized carbons (Fsp3) is 0.200. The van der Waals surface area contributed by atoms with Crippen molar-refractivity contribution in [1.82, 2.24) is 19.6 Å². The maximum Gasteiger partial charge on any atom is 0.234 e. The van der Waals surface area contributed by atoms with Gasteiger partial charge in [-0.2, -0.15) is 0 Å². The van der Waals surface area contributed by atoms with E-state index >= 15 is 0 Å². The number of amides is 1. The van der Waals surface area contributed by atoms with Crippen LogP contribution in [-0.4, -0.2) is 31.2 Å². The minimum atomic E-state index is -0.121. The van der Waals surface area contributed by atoms with Crippen molar-refractivity contribution in [3.63, 3.8) is 0 Å². The Bertz CT molecular complexity index is 1160. The average molecular weight is 412 g/mol. The summed E-state index contributed by atoms with van der Waals surface area (Å²) in [4.78, 5) is 17.1. The Morgan fingerprint density at radius 3 is 2.64 bits per heavy atom. The second-order valence-electron chi connectivity index (χ2n) is 6.62. The number of anilines is 1. The molecule has 6 nitrogen and oxygen atoms in total. The average Bonchev–Trinajstić information content (AvgIpc) is 3.14. The third kappa shape index (κ3) is 3.68. The maximum atomic E-state index is 12.3. The third-order valence-corrected chi connectivity index (χ3v) is 5.41. The number of halogens is 1. The first kappa shape index (κ1) is 18.7. The van der Waals surface area contributed by atoms with E-state index in [4.69, 9.17) is 16.6 Å². The van der Waals surface area contributed by atoms with E-state index in [1.54, 1.807) is 24.3 Å². The van der Waals surface area contributed by atoms with Gasteiger partial charge in [0.15, 0.2) is 5.65 Å². The van der Waals surface area contributed by atoms with E-state index in [1.165, 1.54) is 11.8 Å². The first-order valence-electron chi connectivity index (χ1n) is 8.85. The molecule has 0 radical (unpaired) electrons. The predicted molar refractivity (Wildman–Crippen MR) is 113 cm³/mol. The van der Waals surface area contributed by atoms with Crippen LogP contribution in [0.1, 0.15) is 25.6 Å². The van der Waals surface area contributed by atoms with E-state index in [1.807, 2.05) is 28.7 Å². The summed E-state index contributed by atoms with van der Waals surface area (Å²) in [6.07, 6.45) is 0. The molecule has 0 bridgehead atoms. The lowest BCUT2D eigenvalue weighted by Gasteiger charge is -2.10. The van der Waals surface area contributed by atoms with E-state index in [0.717, 1.165) is 16.9 Å². The van der Waals surface area contributed by atoms with Crippen LogP contribution in [0.15, 0.2) is 53.6 Å². The van der Waals surface area contributed by atoms with E-state index in [0.29, 0.717) is 21.4 Å². The van der Waals surface area contributed by atoms with Gasteiger partial charge in [0.05, 0.1) is 16.8 Å². The highest BCUT2D eigenvalue weighted by Crippen LogP contribution is 2.27. The third-order valence-electron chi connectivity index (χ3n) is 4.21. The van der Waals surface area contributed by atoms with Crippen LogP contribution in [0, 0.1) is 0 Å². The highest BCUT2D eigenvalue weighted by Gasteiger charge is 2.18. The summed E-state index contributed by atoms with van der Waals surface area (Å²) < 4.78 is 2.03. The molecule has 142 valence electrons. The zero-order chi connectivity index (χ0) is 19.7. The van der Waals surface area contributed by atoms with Crippen LogP contribution in [0.3, 0.4) is 0 Å². The highest BCUT2D eigenvalue weighted by molar-refractivity contribution is 8.00. The Morgan fingerprint density at radius 2 is 1.89 bits per heavy atom. The molecule has 8 heteroatoms. The molecule has 4 rings (SSSR count). The largest absolute Gasteiger partial charge is 0.325 e. The van der Waals surface area contributed by atoms with Crippen molar-refractivity contribution in [2.45, 2.75) is 24.8 Å². The Labute approximate surface area is 171 Å². The van der Waals surface area contributed by atoms with Crippen LogP contribution in [0.4, 0.5) is 5.69 Å². The number of thioether (sulfide) groups is 1. The van der Waals surface area contributed by atoms with Gasteiger partial charge in [-0.25, -0.2) is 4.98 Å². The first-order chi connectivity index (χ1) is 13.5. The van der Waals surface area contributed by atoms with Crippen LogP contribution in [0.2, 0.25) is 5.02 Å². The molecule has 0 spiro atoms. The monoisotopic (exact) mass is 411 g/mol. The van der Waals surface area contributed by atoms with Gasteiger partial charge in [0.1, 0.15) is 10.9 Å². The lowest BCUT2D eigenvalue weighted by molar-refractivity contribution is -0.113. The van der Waals surface area contributed by atoms with Gasteiger partial charge in [-0.05, 0) is 36.4 Å². The second kappa shape index (κ2) is 7.77. The first-order valence-corrected chi connectivity index (χ1v) is 10.2. The van der Waals surface area contributed by atoms with E-state index < -0.39 is 0 Å². The SMILES string of the molecule is CC(C)c1nnc2c(SCC(=O)Nc3ccc(Cl)cc3)nc3ccccc3n12. The molecule has 0 aliphatic carbocycles. The lowest BCUT2D eigenvalue weighted by atomic mass is 10.2. The number of para-hydroxylation sites is 2. The number of carbonyl (C=O) groups excluding carboxylic acids is 1. The Balaban J connectivity index is 1.62. The van der Waals surface area contributed by atoms with Gasteiger partial charge in [0.2, 0.25) is 5.91 Å². The Kier molecular flexibility index (Phi) is 5.19. The molecule has 0 fully saturated rings. The normalized spacial score (nSPS) is 11.4. The van der Waals surface area contributed by atoms with E-state index in [2.05, 4.69) is 29.4 Å². The van der Waals surface area contributed by atoms with Crippen molar-refractivity contribution in [2.75, 3.05) is 11.1 Å². The van der Waals surface area contributed by atoms with Crippen LogP contribution in [-0.2, 0) is 4.79 Å².